The molecule has 1 atom stereocenters. The SMILES string of the molecule is CC(=S)NCC1CN(c2csc3nc(C)ccc23)C(=O)O1. The Morgan fingerprint density at radius 1 is 1.62 bits per heavy atom. The Morgan fingerprint density at radius 2 is 2.43 bits per heavy atom. The first-order valence-corrected chi connectivity index (χ1v) is 7.91. The number of cyclic esters (lactones) is 1. The largest absolute Gasteiger partial charge is 0.442 e. The second-order valence-electron chi connectivity index (χ2n) is 4.98. The second-order valence-corrected chi connectivity index (χ2v) is 6.45. The standard InChI is InChI=1S/C14H15N3O2S2/c1-8-3-4-11-12(7-21-13(11)16-8)17-6-10(19-14(17)18)5-15-9(2)20/h3-4,7,10H,5-6H2,1-2H3,(H,15,20). The number of nitrogens with one attached hydrogen (secondary N) is 1. The number of hydrogen-bond acceptors (Lipinski definition) is 5. The molecule has 0 radical (unpaired) electrons. The number of hydrogen-bond donors (Lipinski definition) is 1. The number of nitrogens with zero attached hydrogens (tertiary/aromatic N) is 2. The first-order valence-electron chi connectivity index (χ1n) is 6.62. The van der Waals surface area contributed by atoms with Crippen LogP contribution in [0.25, 0.3) is 10.2 Å². The number of fused-ring (bicyclic) bond motifs is 1. The normalized spacial score (nSPS) is 18.1. The molecule has 0 bridgehead atoms. The fourth-order valence-corrected chi connectivity index (χ4v) is 3.34. The number of thiocarbonyl (C=S) groups is 1. The molecule has 0 spiro atoms. The minimum atomic E-state index is -0.316. The minimum absolute atomic E-state index is 0.191. The van der Waals surface area contributed by atoms with Gasteiger partial charge < -0.3 is 10.1 Å². The van der Waals surface area contributed by atoms with Crippen molar-refractivity contribution < 1.29 is 9.53 Å². The van der Waals surface area contributed by atoms with E-state index in [4.69, 9.17) is 17.0 Å². The molecule has 5 nitrogen and oxygen atoms in total. The number of carbonyl (C=O) groups is 1. The number of pyridine rings is 1. The fourth-order valence-electron chi connectivity index (χ4n) is 2.28. The molecule has 0 aliphatic carbocycles. The summed E-state index contributed by atoms with van der Waals surface area (Å²) in [6.45, 7) is 4.83. The van der Waals surface area contributed by atoms with Crippen molar-refractivity contribution in [3.8, 4) is 0 Å². The number of aryl methyl sites for hydroxylation is 1. The average molecular weight is 321 g/mol. The van der Waals surface area contributed by atoms with Crippen molar-refractivity contribution in [1.82, 2.24) is 10.3 Å². The van der Waals surface area contributed by atoms with E-state index in [2.05, 4.69) is 10.3 Å². The van der Waals surface area contributed by atoms with Gasteiger partial charge in [0, 0.05) is 16.5 Å². The van der Waals surface area contributed by atoms with E-state index in [1.54, 1.807) is 4.90 Å². The van der Waals surface area contributed by atoms with Gasteiger partial charge in [0.25, 0.3) is 0 Å². The van der Waals surface area contributed by atoms with E-state index in [9.17, 15) is 4.79 Å². The second kappa shape index (κ2) is 5.57. The van der Waals surface area contributed by atoms with E-state index in [1.165, 1.54) is 11.3 Å². The van der Waals surface area contributed by atoms with Gasteiger partial charge in [-0.3, -0.25) is 4.90 Å². The smallest absolute Gasteiger partial charge is 0.414 e. The average Bonchev–Trinajstić information content (AvgIpc) is 2.99. The van der Waals surface area contributed by atoms with Crippen LogP contribution in [-0.2, 0) is 4.74 Å². The molecule has 1 amide bonds. The summed E-state index contributed by atoms with van der Waals surface area (Å²) in [7, 11) is 0. The molecule has 2 aromatic rings. The van der Waals surface area contributed by atoms with Gasteiger partial charge in [-0.05, 0) is 26.0 Å². The molecule has 1 saturated heterocycles. The maximum atomic E-state index is 12.1. The van der Waals surface area contributed by atoms with Gasteiger partial charge in [-0.2, -0.15) is 0 Å². The van der Waals surface area contributed by atoms with Gasteiger partial charge in [-0.15, -0.1) is 11.3 Å². The highest BCUT2D eigenvalue weighted by Gasteiger charge is 2.33. The molecule has 1 unspecified atom stereocenters. The van der Waals surface area contributed by atoms with E-state index in [-0.39, 0.29) is 12.2 Å². The number of anilines is 1. The van der Waals surface area contributed by atoms with Crippen molar-refractivity contribution in [3.63, 3.8) is 0 Å². The van der Waals surface area contributed by atoms with Crippen LogP contribution < -0.4 is 10.2 Å². The van der Waals surface area contributed by atoms with Crippen LogP contribution in [0.3, 0.4) is 0 Å². The molecule has 1 N–H and O–H groups in total. The molecule has 1 fully saturated rings. The van der Waals surface area contributed by atoms with E-state index < -0.39 is 0 Å². The molecule has 1 aliphatic heterocycles. The number of aromatic nitrogens is 1. The van der Waals surface area contributed by atoms with Crippen molar-refractivity contribution >= 4 is 50.5 Å². The van der Waals surface area contributed by atoms with E-state index in [0.717, 1.165) is 21.6 Å². The first kappa shape index (κ1) is 14.2. The fraction of sp³-hybridized carbons (Fsp3) is 0.357. The summed E-state index contributed by atoms with van der Waals surface area (Å²) in [5.74, 6) is 0. The van der Waals surface area contributed by atoms with Crippen molar-refractivity contribution in [2.45, 2.75) is 20.0 Å². The van der Waals surface area contributed by atoms with Crippen LogP contribution in [0.15, 0.2) is 17.5 Å². The topological polar surface area (TPSA) is 54.5 Å². The maximum absolute atomic E-state index is 12.1. The third kappa shape index (κ3) is 2.84. The predicted octanol–water partition coefficient (Wildman–Crippen LogP) is 2.87. The molecule has 21 heavy (non-hydrogen) atoms. The predicted molar refractivity (Wildman–Crippen MR) is 88.2 cm³/mol. The van der Waals surface area contributed by atoms with Gasteiger partial charge in [0.15, 0.2) is 0 Å². The Morgan fingerprint density at radius 3 is 3.19 bits per heavy atom. The molecular formula is C14H15N3O2S2. The van der Waals surface area contributed by atoms with Crippen LogP contribution >= 0.6 is 23.6 Å². The highest BCUT2D eigenvalue weighted by Crippen LogP contribution is 2.34. The highest BCUT2D eigenvalue weighted by atomic mass is 32.1. The van der Waals surface area contributed by atoms with E-state index in [0.29, 0.717) is 18.1 Å². The quantitative estimate of drug-likeness (QED) is 0.881. The first-order chi connectivity index (χ1) is 10.0. The molecule has 3 heterocycles. The van der Waals surface area contributed by atoms with Crippen LogP contribution in [0, 0.1) is 6.92 Å². The van der Waals surface area contributed by atoms with Crippen LogP contribution in [-0.4, -0.2) is 35.3 Å². The highest BCUT2D eigenvalue weighted by molar-refractivity contribution is 7.80. The summed E-state index contributed by atoms with van der Waals surface area (Å²) < 4.78 is 5.37. The van der Waals surface area contributed by atoms with E-state index in [1.807, 2.05) is 31.4 Å². The van der Waals surface area contributed by atoms with Gasteiger partial charge in [0.05, 0.1) is 23.8 Å². The number of ether oxygens (including phenoxy) is 1. The summed E-state index contributed by atoms with van der Waals surface area (Å²) in [5.41, 5.74) is 1.84. The monoisotopic (exact) mass is 321 g/mol. The van der Waals surface area contributed by atoms with Crippen molar-refractivity contribution in [2.24, 2.45) is 0 Å². The zero-order valence-electron chi connectivity index (χ0n) is 11.8. The maximum Gasteiger partial charge on any atom is 0.414 e. The lowest BCUT2D eigenvalue weighted by Crippen LogP contribution is -2.32. The number of amides is 1. The number of rotatable bonds is 3. The van der Waals surface area contributed by atoms with E-state index >= 15 is 0 Å². The van der Waals surface area contributed by atoms with Gasteiger partial charge in [0.2, 0.25) is 0 Å². The molecule has 0 saturated carbocycles. The minimum Gasteiger partial charge on any atom is -0.442 e. The summed E-state index contributed by atoms with van der Waals surface area (Å²) in [5, 5.41) is 5.98. The third-order valence-corrected chi connectivity index (χ3v) is 4.32. The zero-order valence-corrected chi connectivity index (χ0v) is 13.4. The van der Waals surface area contributed by atoms with Crippen molar-refractivity contribution in [3.05, 3.63) is 23.2 Å². The Labute approximate surface area is 131 Å². The lowest BCUT2D eigenvalue weighted by atomic mass is 10.2. The summed E-state index contributed by atoms with van der Waals surface area (Å²) in [6, 6.07) is 3.96. The van der Waals surface area contributed by atoms with Crippen LogP contribution in [0.4, 0.5) is 10.5 Å². The number of thiophene rings is 1. The lowest BCUT2D eigenvalue weighted by Gasteiger charge is -2.12. The molecule has 2 aromatic heterocycles. The summed E-state index contributed by atoms with van der Waals surface area (Å²) >= 11 is 6.51. The third-order valence-electron chi connectivity index (χ3n) is 3.30. The molecule has 3 rings (SSSR count). The molecular weight excluding hydrogens is 306 g/mol. The van der Waals surface area contributed by atoms with Crippen molar-refractivity contribution in [2.75, 3.05) is 18.0 Å². The molecule has 1 aliphatic rings. The molecule has 7 heteroatoms. The Bertz CT molecular complexity index is 713. The molecule has 0 aromatic carbocycles. The van der Waals surface area contributed by atoms with Gasteiger partial charge >= 0.3 is 6.09 Å². The van der Waals surface area contributed by atoms with Gasteiger partial charge in [-0.25, -0.2) is 9.78 Å². The van der Waals surface area contributed by atoms with Crippen LogP contribution in [0.5, 0.6) is 0 Å². The lowest BCUT2D eigenvalue weighted by molar-refractivity contribution is 0.143. The van der Waals surface area contributed by atoms with Crippen LogP contribution in [0.2, 0.25) is 0 Å². The Hall–Kier alpha value is -1.73. The summed E-state index contributed by atoms with van der Waals surface area (Å²) in [6.07, 6.45) is -0.507. The van der Waals surface area contributed by atoms with Crippen molar-refractivity contribution in [1.29, 1.82) is 0 Å². The zero-order chi connectivity index (χ0) is 15.0. The summed E-state index contributed by atoms with van der Waals surface area (Å²) in [4.78, 5) is 19.9. The van der Waals surface area contributed by atoms with Gasteiger partial charge in [0.1, 0.15) is 10.9 Å². The van der Waals surface area contributed by atoms with Gasteiger partial charge in [-0.1, -0.05) is 12.2 Å². The molecule has 110 valence electrons. The number of carbonyl (C=O) groups excluding carboxylic acids is 1. The Balaban J connectivity index is 1.82. The Kier molecular flexibility index (Phi) is 3.77. The van der Waals surface area contributed by atoms with Crippen LogP contribution in [0.1, 0.15) is 12.6 Å².